The highest BCUT2D eigenvalue weighted by Gasteiger charge is 2.41. The van der Waals surface area contributed by atoms with Gasteiger partial charge < -0.3 is 10.5 Å². The minimum absolute atomic E-state index is 0.143. The van der Waals surface area contributed by atoms with Gasteiger partial charge in [0.2, 0.25) is 0 Å². The number of hydrogen-bond acceptors (Lipinski definition) is 2. The molecule has 3 nitrogen and oxygen atoms in total. The van der Waals surface area contributed by atoms with Crippen molar-refractivity contribution in [2.75, 3.05) is 0 Å². The van der Waals surface area contributed by atoms with Crippen molar-refractivity contribution in [3.63, 3.8) is 0 Å². The average molecular weight is 323 g/mol. The van der Waals surface area contributed by atoms with Crippen molar-refractivity contribution in [3.05, 3.63) is 59.2 Å². The summed E-state index contributed by atoms with van der Waals surface area (Å²) in [6.45, 7) is 8.63. The van der Waals surface area contributed by atoms with Crippen LogP contribution >= 0.6 is 0 Å². The molecule has 3 rings (SSSR count). The topological polar surface area (TPSA) is 52.3 Å². The molecule has 1 amide bonds. The molecule has 1 unspecified atom stereocenters. The maximum absolute atomic E-state index is 11.2. The van der Waals surface area contributed by atoms with Gasteiger partial charge in [-0.3, -0.25) is 0 Å². The zero-order valence-corrected chi connectivity index (χ0v) is 14.8. The number of rotatable bonds is 3. The molecule has 126 valence electrons. The van der Waals surface area contributed by atoms with Gasteiger partial charge in [-0.25, -0.2) is 4.79 Å². The molecule has 3 heteroatoms. The van der Waals surface area contributed by atoms with Gasteiger partial charge in [-0.1, -0.05) is 70.2 Å². The Labute approximate surface area is 143 Å². The van der Waals surface area contributed by atoms with Crippen LogP contribution in [-0.2, 0) is 11.2 Å². The molecule has 1 aliphatic carbocycles. The van der Waals surface area contributed by atoms with E-state index in [1.54, 1.807) is 0 Å². The van der Waals surface area contributed by atoms with Crippen LogP contribution in [0.15, 0.2) is 42.5 Å². The Bertz CT molecular complexity index is 777. The molecule has 2 aromatic carbocycles. The third-order valence-electron chi connectivity index (χ3n) is 4.90. The van der Waals surface area contributed by atoms with Crippen molar-refractivity contribution in [1.82, 2.24) is 0 Å². The van der Waals surface area contributed by atoms with Crippen molar-refractivity contribution in [2.45, 2.75) is 46.1 Å². The van der Waals surface area contributed by atoms with Gasteiger partial charge in [-0.15, -0.1) is 0 Å². The van der Waals surface area contributed by atoms with E-state index >= 15 is 0 Å². The third kappa shape index (κ3) is 3.03. The van der Waals surface area contributed by atoms with Crippen LogP contribution in [0.4, 0.5) is 4.79 Å². The lowest BCUT2D eigenvalue weighted by Crippen LogP contribution is -2.25. The largest absolute Gasteiger partial charge is 0.441 e. The van der Waals surface area contributed by atoms with Crippen LogP contribution in [0.1, 0.15) is 56.4 Å². The summed E-state index contributed by atoms with van der Waals surface area (Å²) in [6, 6.07) is 15.1. The van der Waals surface area contributed by atoms with Crippen molar-refractivity contribution in [2.24, 2.45) is 11.1 Å². The Morgan fingerprint density at radius 2 is 1.88 bits per heavy atom. The minimum atomic E-state index is -0.713. The van der Waals surface area contributed by atoms with E-state index in [9.17, 15) is 4.79 Å². The highest BCUT2D eigenvalue weighted by atomic mass is 16.6. The van der Waals surface area contributed by atoms with Gasteiger partial charge in [-0.05, 0) is 40.2 Å². The number of primary amides is 1. The normalized spacial score (nSPS) is 18.5. The monoisotopic (exact) mass is 323 g/mol. The summed E-state index contributed by atoms with van der Waals surface area (Å²) in [5, 5.41) is 0. The number of nitrogens with two attached hydrogens (primary N) is 1. The summed E-state index contributed by atoms with van der Waals surface area (Å²) in [5.74, 6) is 0.506. The Kier molecular flexibility index (Phi) is 4.12. The van der Waals surface area contributed by atoms with Crippen LogP contribution in [0, 0.1) is 5.41 Å². The first kappa shape index (κ1) is 16.6. The third-order valence-corrected chi connectivity index (χ3v) is 4.90. The molecule has 0 heterocycles. The fourth-order valence-corrected chi connectivity index (χ4v) is 3.62. The number of fused-ring (bicyclic) bond motifs is 1. The average Bonchev–Trinajstić information content (AvgIpc) is 2.76. The van der Waals surface area contributed by atoms with E-state index < -0.39 is 6.09 Å². The Hall–Kier alpha value is -2.29. The highest BCUT2D eigenvalue weighted by molar-refractivity contribution is 5.68. The molecule has 0 saturated carbocycles. The Morgan fingerprint density at radius 3 is 2.54 bits per heavy atom. The molecule has 1 atom stereocenters. The second-order valence-corrected chi connectivity index (χ2v) is 7.68. The van der Waals surface area contributed by atoms with Crippen LogP contribution < -0.4 is 5.73 Å². The second-order valence-electron chi connectivity index (χ2n) is 7.68. The van der Waals surface area contributed by atoms with Gasteiger partial charge >= 0.3 is 6.09 Å². The smallest absolute Gasteiger partial charge is 0.405 e. The number of hydrogen-bond donors (Lipinski definition) is 1. The molecule has 0 aliphatic heterocycles. The first-order valence-corrected chi connectivity index (χ1v) is 8.47. The van der Waals surface area contributed by atoms with Gasteiger partial charge in [0.05, 0.1) is 0 Å². The van der Waals surface area contributed by atoms with Crippen molar-refractivity contribution in [3.8, 4) is 11.1 Å². The van der Waals surface area contributed by atoms with Crippen molar-refractivity contribution < 1.29 is 9.53 Å². The molecular weight excluding hydrogens is 298 g/mol. The fraction of sp³-hybridized carbons (Fsp3) is 0.381. The van der Waals surface area contributed by atoms with Gasteiger partial charge in [0, 0.05) is 5.41 Å². The van der Waals surface area contributed by atoms with E-state index in [0.717, 1.165) is 12.0 Å². The molecule has 0 spiro atoms. The minimum Gasteiger partial charge on any atom is -0.441 e. The van der Waals surface area contributed by atoms with Crippen LogP contribution in [0.5, 0.6) is 0 Å². The van der Waals surface area contributed by atoms with E-state index in [0.29, 0.717) is 5.92 Å². The fourth-order valence-electron chi connectivity index (χ4n) is 3.62. The summed E-state index contributed by atoms with van der Waals surface area (Å²) >= 11 is 0. The lowest BCUT2D eigenvalue weighted by molar-refractivity contribution is 0.0392. The van der Waals surface area contributed by atoms with Crippen LogP contribution in [0.2, 0.25) is 0 Å². The molecule has 0 saturated heterocycles. The number of carbonyl (C=O) groups is 1. The van der Waals surface area contributed by atoms with Crippen molar-refractivity contribution >= 4 is 6.09 Å². The standard InChI is InChI=1S/C21H25NO2/c1-13(2)14-6-5-7-15(10-14)16-8-9-18-17(11-16)12-21(3,4)19(18)24-20(22)23/h5-11,13,19H,12H2,1-4H3,(H2,22,23). The van der Waals surface area contributed by atoms with E-state index in [2.05, 4.69) is 70.2 Å². The summed E-state index contributed by atoms with van der Waals surface area (Å²) in [4.78, 5) is 11.2. The summed E-state index contributed by atoms with van der Waals surface area (Å²) in [7, 11) is 0. The van der Waals surface area contributed by atoms with Crippen LogP contribution in [0.3, 0.4) is 0 Å². The molecule has 0 radical (unpaired) electrons. The predicted molar refractivity (Wildman–Crippen MR) is 96.9 cm³/mol. The number of amides is 1. The number of carbonyl (C=O) groups excluding carboxylic acids is 1. The van der Waals surface area contributed by atoms with E-state index in [1.807, 2.05) is 0 Å². The first-order chi connectivity index (χ1) is 11.3. The molecule has 0 bridgehead atoms. The van der Waals surface area contributed by atoms with E-state index in [4.69, 9.17) is 10.5 Å². The predicted octanol–water partition coefficient (Wildman–Crippen LogP) is 5.20. The lowest BCUT2D eigenvalue weighted by Gasteiger charge is -2.26. The van der Waals surface area contributed by atoms with Gasteiger partial charge in [0.25, 0.3) is 0 Å². The number of ether oxygens (including phenoxy) is 1. The molecule has 0 aromatic heterocycles. The summed E-state index contributed by atoms with van der Waals surface area (Å²) in [5.41, 5.74) is 11.2. The zero-order valence-electron chi connectivity index (χ0n) is 14.8. The van der Waals surface area contributed by atoms with Gasteiger partial charge in [-0.2, -0.15) is 0 Å². The van der Waals surface area contributed by atoms with Gasteiger partial charge in [0.1, 0.15) is 6.10 Å². The van der Waals surface area contributed by atoms with Crippen LogP contribution in [0.25, 0.3) is 11.1 Å². The van der Waals surface area contributed by atoms with E-state index in [-0.39, 0.29) is 11.5 Å². The SMILES string of the molecule is CC(C)c1cccc(-c2ccc3c(c2)CC(C)(C)C3OC(N)=O)c1. The Balaban J connectivity index is 1.99. The molecule has 1 aliphatic rings. The molecule has 2 N–H and O–H groups in total. The first-order valence-electron chi connectivity index (χ1n) is 8.47. The molecule has 24 heavy (non-hydrogen) atoms. The maximum atomic E-state index is 11.2. The maximum Gasteiger partial charge on any atom is 0.405 e. The molecule has 2 aromatic rings. The van der Waals surface area contributed by atoms with Crippen molar-refractivity contribution in [1.29, 1.82) is 0 Å². The lowest BCUT2D eigenvalue weighted by atomic mass is 9.87. The second kappa shape index (κ2) is 5.97. The summed E-state index contributed by atoms with van der Waals surface area (Å²) < 4.78 is 5.39. The molecular formula is C21H25NO2. The highest BCUT2D eigenvalue weighted by Crippen LogP contribution is 2.48. The number of benzene rings is 2. The molecule has 0 fully saturated rings. The Morgan fingerprint density at radius 1 is 1.17 bits per heavy atom. The quantitative estimate of drug-likeness (QED) is 0.844. The van der Waals surface area contributed by atoms with Crippen LogP contribution in [-0.4, -0.2) is 6.09 Å². The van der Waals surface area contributed by atoms with E-state index in [1.165, 1.54) is 22.3 Å². The summed E-state index contributed by atoms with van der Waals surface area (Å²) in [6.07, 6.45) is -0.117. The zero-order chi connectivity index (χ0) is 17.5. The van der Waals surface area contributed by atoms with Gasteiger partial charge in [0.15, 0.2) is 0 Å².